The van der Waals surface area contributed by atoms with Crippen LogP contribution in [0, 0.1) is 11.3 Å². The Kier molecular flexibility index (Phi) is 4.27. The quantitative estimate of drug-likeness (QED) is 0.764. The van der Waals surface area contributed by atoms with Gasteiger partial charge in [-0.2, -0.15) is 0 Å². The second kappa shape index (κ2) is 5.50. The first kappa shape index (κ1) is 15.5. The summed E-state index contributed by atoms with van der Waals surface area (Å²) in [6.07, 6.45) is 7.47. The van der Waals surface area contributed by atoms with Crippen LogP contribution >= 0.6 is 0 Å². The first-order valence-corrected chi connectivity index (χ1v) is 8.11. The normalized spacial score (nSPS) is 21.2. The summed E-state index contributed by atoms with van der Waals surface area (Å²) in [4.78, 5) is 0. The van der Waals surface area contributed by atoms with E-state index in [4.69, 9.17) is 0 Å². The lowest BCUT2D eigenvalue weighted by Crippen LogP contribution is -2.26. The van der Waals surface area contributed by atoms with Crippen molar-refractivity contribution in [3.63, 3.8) is 0 Å². The van der Waals surface area contributed by atoms with Gasteiger partial charge < -0.3 is 0 Å². The van der Waals surface area contributed by atoms with Crippen LogP contribution in [0.1, 0.15) is 78.6 Å². The molecule has 20 heavy (non-hydrogen) atoms. The third kappa shape index (κ3) is 3.83. The molecule has 1 aromatic heterocycles. The van der Waals surface area contributed by atoms with Crippen LogP contribution < -0.4 is 0 Å². The van der Waals surface area contributed by atoms with E-state index in [0.29, 0.717) is 5.41 Å². The number of hydrogen-bond donors (Lipinski definition) is 0. The van der Waals surface area contributed by atoms with E-state index in [1.54, 1.807) is 0 Å². The topological polar surface area (TPSA) is 30.7 Å². The molecule has 0 amide bonds. The Hall–Kier alpha value is -0.860. The van der Waals surface area contributed by atoms with Crippen molar-refractivity contribution in [1.82, 2.24) is 15.0 Å². The molecule has 1 aliphatic carbocycles. The van der Waals surface area contributed by atoms with Gasteiger partial charge in [-0.05, 0) is 64.2 Å². The molecule has 0 spiro atoms. The zero-order valence-electron chi connectivity index (χ0n) is 14.2. The fourth-order valence-corrected chi connectivity index (χ4v) is 3.43. The highest BCUT2D eigenvalue weighted by Crippen LogP contribution is 2.33. The van der Waals surface area contributed by atoms with Gasteiger partial charge in [0.2, 0.25) is 0 Å². The number of aromatic nitrogens is 3. The summed E-state index contributed by atoms with van der Waals surface area (Å²) in [7, 11) is 0. The van der Waals surface area contributed by atoms with Crippen molar-refractivity contribution in [3.8, 4) is 0 Å². The largest absolute Gasteiger partial charge is 0.244 e. The van der Waals surface area contributed by atoms with Gasteiger partial charge >= 0.3 is 0 Å². The van der Waals surface area contributed by atoms with Gasteiger partial charge in [0, 0.05) is 0 Å². The molecule has 0 aromatic carbocycles. The van der Waals surface area contributed by atoms with Gasteiger partial charge in [-0.1, -0.05) is 32.4 Å². The molecule has 0 fully saturated rings. The van der Waals surface area contributed by atoms with Crippen molar-refractivity contribution >= 4 is 0 Å². The molecule has 0 saturated carbocycles. The summed E-state index contributed by atoms with van der Waals surface area (Å²) in [5, 5.41) is 8.89. The number of hydrogen-bond acceptors (Lipinski definition) is 2. The summed E-state index contributed by atoms with van der Waals surface area (Å²) in [5.74, 6) is 0.850. The van der Waals surface area contributed by atoms with Gasteiger partial charge in [0.1, 0.15) is 0 Å². The Morgan fingerprint density at radius 3 is 2.35 bits per heavy atom. The zero-order valence-corrected chi connectivity index (χ0v) is 14.2. The van der Waals surface area contributed by atoms with E-state index >= 15 is 0 Å². The van der Waals surface area contributed by atoms with Crippen LogP contribution in [0.2, 0.25) is 0 Å². The third-order valence-corrected chi connectivity index (χ3v) is 4.20. The smallest absolute Gasteiger partial charge is 0.0859 e. The highest BCUT2D eigenvalue weighted by molar-refractivity contribution is 5.13. The molecule has 1 atom stereocenters. The van der Waals surface area contributed by atoms with Gasteiger partial charge in [-0.25, -0.2) is 4.68 Å². The molecular weight excluding hydrogens is 246 g/mol. The molecule has 1 unspecified atom stereocenters. The molecule has 0 radical (unpaired) electrons. The SMILES string of the molecule is CC(C)(C)CC1CCCc2c(nnn2C(C)(C)C)CC1. The van der Waals surface area contributed by atoms with Gasteiger partial charge in [0.25, 0.3) is 0 Å². The predicted octanol–water partition coefficient (Wildman–Crippen LogP) is 4.35. The summed E-state index contributed by atoms with van der Waals surface area (Å²) in [6, 6.07) is 0. The zero-order chi connectivity index (χ0) is 15.0. The molecule has 0 bridgehead atoms. The van der Waals surface area contributed by atoms with E-state index in [1.807, 2.05) is 0 Å². The first-order chi connectivity index (χ1) is 9.17. The van der Waals surface area contributed by atoms with Gasteiger partial charge in [0.15, 0.2) is 0 Å². The van der Waals surface area contributed by atoms with Crippen LogP contribution in [0.3, 0.4) is 0 Å². The summed E-state index contributed by atoms with van der Waals surface area (Å²) in [5.41, 5.74) is 3.12. The molecule has 0 aliphatic heterocycles. The molecule has 3 heteroatoms. The molecule has 1 heterocycles. The lowest BCUT2D eigenvalue weighted by molar-refractivity contribution is 0.262. The van der Waals surface area contributed by atoms with E-state index in [9.17, 15) is 0 Å². The van der Waals surface area contributed by atoms with E-state index in [2.05, 4.69) is 56.5 Å². The second-order valence-electron chi connectivity index (χ2n) is 8.63. The number of nitrogens with zero attached hydrogens (tertiary/aromatic N) is 3. The maximum absolute atomic E-state index is 4.47. The third-order valence-electron chi connectivity index (χ3n) is 4.20. The van der Waals surface area contributed by atoms with E-state index in [0.717, 1.165) is 18.8 Å². The lowest BCUT2D eigenvalue weighted by Gasteiger charge is -2.28. The summed E-state index contributed by atoms with van der Waals surface area (Å²) >= 11 is 0. The fraction of sp³-hybridized carbons (Fsp3) is 0.882. The monoisotopic (exact) mass is 277 g/mol. The maximum atomic E-state index is 4.47. The Bertz CT molecular complexity index is 446. The van der Waals surface area contributed by atoms with Crippen molar-refractivity contribution < 1.29 is 0 Å². The number of fused-ring (bicyclic) bond motifs is 1. The average Bonchev–Trinajstić information content (AvgIpc) is 2.62. The van der Waals surface area contributed by atoms with E-state index in [-0.39, 0.29) is 5.54 Å². The number of aryl methyl sites for hydroxylation is 1. The predicted molar refractivity (Wildman–Crippen MR) is 83.8 cm³/mol. The van der Waals surface area contributed by atoms with Gasteiger partial charge in [-0.3, -0.25) is 0 Å². The van der Waals surface area contributed by atoms with Crippen molar-refractivity contribution in [2.24, 2.45) is 11.3 Å². The van der Waals surface area contributed by atoms with Crippen LogP contribution in [0.4, 0.5) is 0 Å². The molecular formula is C17H31N3. The van der Waals surface area contributed by atoms with Crippen LogP contribution in [0.5, 0.6) is 0 Å². The molecule has 3 nitrogen and oxygen atoms in total. The van der Waals surface area contributed by atoms with Crippen LogP contribution in [-0.4, -0.2) is 15.0 Å². The van der Waals surface area contributed by atoms with Crippen LogP contribution in [0.15, 0.2) is 0 Å². The minimum Gasteiger partial charge on any atom is -0.244 e. The van der Waals surface area contributed by atoms with Crippen molar-refractivity contribution in [2.75, 3.05) is 0 Å². The minimum atomic E-state index is 0.0462. The summed E-state index contributed by atoms with van der Waals surface area (Å²) < 4.78 is 2.15. The van der Waals surface area contributed by atoms with E-state index < -0.39 is 0 Å². The van der Waals surface area contributed by atoms with Crippen molar-refractivity contribution in [3.05, 3.63) is 11.4 Å². The highest BCUT2D eigenvalue weighted by Gasteiger charge is 2.26. The maximum Gasteiger partial charge on any atom is 0.0859 e. The van der Waals surface area contributed by atoms with E-state index in [1.165, 1.54) is 37.1 Å². The Morgan fingerprint density at radius 2 is 1.75 bits per heavy atom. The molecule has 0 N–H and O–H groups in total. The van der Waals surface area contributed by atoms with Gasteiger partial charge in [0.05, 0.1) is 16.9 Å². The molecule has 0 saturated heterocycles. The molecule has 114 valence electrons. The summed E-state index contributed by atoms with van der Waals surface area (Å²) in [6.45, 7) is 13.7. The lowest BCUT2D eigenvalue weighted by atomic mass is 9.79. The van der Waals surface area contributed by atoms with Crippen LogP contribution in [0.25, 0.3) is 0 Å². The van der Waals surface area contributed by atoms with Crippen molar-refractivity contribution in [1.29, 1.82) is 0 Å². The average molecular weight is 277 g/mol. The standard InChI is InChI=1S/C17H31N3/c1-16(2,3)12-13-8-7-9-15-14(11-10-13)18-19-20(15)17(4,5)6/h13H,7-12H2,1-6H3. The Balaban J connectivity index is 2.12. The first-order valence-electron chi connectivity index (χ1n) is 8.11. The Labute approximate surface area is 124 Å². The Morgan fingerprint density at radius 1 is 1.05 bits per heavy atom. The fourth-order valence-electron chi connectivity index (χ4n) is 3.43. The van der Waals surface area contributed by atoms with Gasteiger partial charge in [-0.15, -0.1) is 5.10 Å². The minimum absolute atomic E-state index is 0.0462. The molecule has 1 aromatic rings. The van der Waals surface area contributed by atoms with Crippen LogP contribution in [-0.2, 0) is 18.4 Å². The highest BCUT2D eigenvalue weighted by atomic mass is 15.5. The van der Waals surface area contributed by atoms with Crippen molar-refractivity contribution in [2.45, 2.75) is 85.6 Å². The molecule has 1 aliphatic rings. The number of rotatable bonds is 1. The molecule has 2 rings (SSSR count). The second-order valence-corrected chi connectivity index (χ2v) is 8.63.